The summed E-state index contributed by atoms with van der Waals surface area (Å²) in [5.74, 6) is 0.411. The molecule has 0 radical (unpaired) electrons. The Labute approximate surface area is 90.8 Å². The highest BCUT2D eigenvalue weighted by atomic mass is 35.5. The second kappa shape index (κ2) is 4.99. The molecule has 84 valence electrons. The van der Waals surface area contributed by atoms with Crippen LogP contribution >= 0.6 is 11.6 Å². The van der Waals surface area contributed by atoms with Crippen LogP contribution in [0, 0.1) is 0 Å². The molecule has 14 heavy (non-hydrogen) atoms. The van der Waals surface area contributed by atoms with E-state index in [1.165, 1.54) is 0 Å². The van der Waals surface area contributed by atoms with Gasteiger partial charge in [-0.15, -0.1) is 11.6 Å². The molecule has 2 N–H and O–H groups in total. The van der Waals surface area contributed by atoms with Gasteiger partial charge in [-0.2, -0.15) is 0 Å². The molecule has 0 rings (SSSR count). The van der Waals surface area contributed by atoms with Crippen molar-refractivity contribution >= 4 is 17.5 Å². The third kappa shape index (κ3) is 4.29. The second-order valence-corrected chi connectivity index (χ2v) is 4.90. The Morgan fingerprint density at radius 3 is 2.21 bits per heavy atom. The molecular formula is C10H20ClNO2. The molecule has 0 atom stereocenters. The van der Waals surface area contributed by atoms with E-state index in [2.05, 4.69) is 5.32 Å². The number of alkyl halides is 1. The van der Waals surface area contributed by atoms with Gasteiger partial charge in [-0.25, -0.2) is 0 Å². The highest BCUT2D eigenvalue weighted by Gasteiger charge is 2.35. The topological polar surface area (TPSA) is 49.3 Å². The summed E-state index contributed by atoms with van der Waals surface area (Å²) in [6, 6.07) is 0. The van der Waals surface area contributed by atoms with Gasteiger partial charge in [0.15, 0.2) is 0 Å². The largest absolute Gasteiger partial charge is 0.388 e. The number of halogens is 1. The van der Waals surface area contributed by atoms with Crippen LogP contribution in [0.3, 0.4) is 0 Å². The number of aliphatic hydroxyl groups is 1. The Morgan fingerprint density at radius 1 is 1.36 bits per heavy atom. The summed E-state index contributed by atoms with van der Waals surface area (Å²) in [6.45, 7) is 6.95. The van der Waals surface area contributed by atoms with Gasteiger partial charge in [0, 0.05) is 12.3 Å². The summed E-state index contributed by atoms with van der Waals surface area (Å²) >= 11 is 5.48. The molecule has 0 saturated heterocycles. The number of hydrogen-bond acceptors (Lipinski definition) is 2. The van der Waals surface area contributed by atoms with E-state index in [1.54, 1.807) is 27.7 Å². The number of carbonyl (C=O) groups excluding carboxylic acids is 1. The maximum Gasteiger partial charge on any atom is 0.220 e. The fourth-order valence-electron chi connectivity index (χ4n) is 0.791. The van der Waals surface area contributed by atoms with E-state index in [4.69, 9.17) is 11.6 Å². The van der Waals surface area contributed by atoms with Crippen LogP contribution in [0.25, 0.3) is 0 Å². The van der Waals surface area contributed by atoms with Gasteiger partial charge in [-0.05, 0) is 34.1 Å². The molecule has 0 fully saturated rings. The van der Waals surface area contributed by atoms with Crippen molar-refractivity contribution in [2.75, 3.05) is 5.88 Å². The van der Waals surface area contributed by atoms with E-state index in [0.29, 0.717) is 18.7 Å². The van der Waals surface area contributed by atoms with Gasteiger partial charge in [-0.3, -0.25) is 4.79 Å². The molecule has 0 aliphatic carbocycles. The number of amides is 1. The van der Waals surface area contributed by atoms with Crippen molar-refractivity contribution in [2.24, 2.45) is 0 Å². The van der Waals surface area contributed by atoms with Crippen molar-refractivity contribution < 1.29 is 9.90 Å². The first-order valence-electron chi connectivity index (χ1n) is 4.80. The maximum atomic E-state index is 11.4. The number of rotatable bonds is 5. The van der Waals surface area contributed by atoms with Gasteiger partial charge in [0.2, 0.25) is 5.91 Å². The Kier molecular flexibility index (Phi) is 4.89. The van der Waals surface area contributed by atoms with Gasteiger partial charge in [0.05, 0.1) is 11.1 Å². The zero-order valence-corrected chi connectivity index (χ0v) is 10.1. The molecule has 0 aliphatic rings. The van der Waals surface area contributed by atoms with Crippen LogP contribution in [0.1, 0.15) is 40.5 Å². The van der Waals surface area contributed by atoms with Crippen molar-refractivity contribution in [3.05, 3.63) is 0 Å². The number of carbonyl (C=O) groups is 1. The van der Waals surface area contributed by atoms with Crippen LogP contribution < -0.4 is 5.32 Å². The van der Waals surface area contributed by atoms with Crippen LogP contribution in [0.2, 0.25) is 0 Å². The highest BCUT2D eigenvalue weighted by Crippen LogP contribution is 2.20. The van der Waals surface area contributed by atoms with Gasteiger partial charge in [0.25, 0.3) is 0 Å². The summed E-state index contributed by atoms with van der Waals surface area (Å²) in [7, 11) is 0. The van der Waals surface area contributed by atoms with Crippen LogP contribution in [0.5, 0.6) is 0 Å². The van der Waals surface area contributed by atoms with Crippen molar-refractivity contribution in [1.82, 2.24) is 5.32 Å². The molecule has 0 aromatic heterocycles. The number of nitrogens with one attached hydrogen (secondary N) is 1. The minimum Gasteiger partial charge on any atom is -0.388 e. The first-order valence-corrected chi connectivity index (χ1v) is 5.33. The SMILES string of the molecule is CC(C)(O)C(C)(C)NC(=O)CCCCl. The molecule has 0 aromatic carbocycles. The number of hydrogen-bond donors (Lipinski definition) is 2. The lowest BCUT2D eigenvalue weighted by molar-refractivity contribution is -0.126. The lowest BCUT2D eigenvalue weighted by Crippen LogP contribution is -2.57. The molecule has 0 aliphatic heterocycles. The quantitative estimate of drug-likeness (QED) is 0.694. The summed E-state index contributed by atoms with van der Waals surface area (Å²) in [5, 5.41) is 12.6. The summed E-state index contributed by atoms with van der Waals surface area (Å²) < 4.78 is 0. The molecule has 4 heteroatoms. The zero-order chi connectivity index (χ0) is 11.4. The monoisotopic (exact) mass is 221 g/mol. The van der Waals surface area contributed by atoms with E-state index >= 15 is 0 Å². The first-order chi connectivity index (χ1) is 6.20. The molecule has 0 spiro atoms. The lowest BCUT2D eigenvalue weighted by Gasteiger charge is -2.38. The maximum absolute atomic E-state index is 11.4. The standard InChI is InChI=1S/C10H20ClNO2/c1-9(2,10(3,4)14)12-8(13)6-5-7-11/h14H,5-7H2,1-4H3,(H,12,13). The molecule has 0 heterocycles. The van der Waals surface area contributed by atoms with Crippen LogP contribution in [0.15, 0.2) is 0 Å². The van der Waals surface area contributed by atoms with Crippen LogP contribution in [-0.2, 0) is 4.79 Å². The van der Waals surface area contributed by atoms with Gasteiger partial charge < -0.3 is 10.4 Å². The predicted octanol–water partition coefficient (Wildman–Crippen LogP) is 1.67. The average Bonchev–Trinajstić information content (AvgIpc) is 1.97. The Bertz CT molecular complexity index is 197. The Morgan fingerprint density at radius 2 is 1.86 bits per heavy atom. The fraction of sp³-hybridized carbons (Fsp3) is 0.900. The van der Waals surface area contributed by atoms with E-state index in [9.17, 15) is 9.90 Å². The summed E-state index contributed by atoms with van der Waals surface area (Å²) in [4.78, 5) is 11.4. The molecular weight excluding hydrogens is 202 g/mol. The zero-order valence-electron chi connectivity index (χ0n) is 9.35. The van der Waals surface area contributed by atoms with Gasteiger partial charge in [0.1, 0.15) is 0 Å². The van der Waals surface area contributed by atoms with E-state index in [0.717, 1.165) is 0 Å². The first kappa shape index (κ1) is 13.7. The van der Waals surface area contributed by atoms with Crippen molar-refractivity contribution in [1.29, 1.82) is 0 Å². The summed E-state index contributed by atoms with van der Waals surface area (Å²) in [5.41, 5.74) is -1.57. The van der Waals surface area contributed by atoms with Gasteiger partial charge in [-0.1, -0.05) is 0 Å². The molecule has 3 nitrogen and oxygen atoms in total. The van der Waals surface area contributed by atoms with E-state index in [-0.39, 0.29) is 5.91 Å². The molecule has 1 amide bonds. The predicted molar refractivity (Wildman–Crippen MR) is 58.5 cm³/mol. The molecule has 0 unspecified atom stereocenters. The molecule has 0 bridgehead atoms. The molecule has 0 saturated carbocycles. The third-order valence-corrected chi connectivity index (χ3v) is 2.79. The van der Waals surface area contributed by atoms with E-state index in [1.807, 2.05) is 0 Å². The minimum atomic E-state index is -0.941. The summed E-state index contributed by atoms with van der Waals surface area (Å²) in [6.07, 6.45) is 1.07. The van der Waals surface area contributed by atoms with Crippen molar-refractivity contribution in [3.63, 3.8) is 0 Å². The van der Waals surface area contributed by atoms with Gasteiger partial charge >= 0.3 is 0 Å². The van der Waals surface area contributed by atoms with Crippen LogP contribution in [0.4, 0.5) is 0 Å². The van der Waals surface area contributed by atoms with Crippen molar-refractivity contribution in [3.8, 4) is 0 Å². The van der Waals surface area contributed by atoms with E-state index < -0.39 is 11.1 Å². The van der Waals surface area contributed by atoms with Crippen molar-refractivity contribution in [2.45, 2.75) is 51.7 Å². The smallest absolute Gasteiger partial charge is 0.220 e. The Balaban J connectivity index is 4.16. The van der Waals surface area contributed by atoms with Crippen LogP contribution in [-0.4, -0.2) is 28.0 Å². The third-order valence-electron chi connectivity index (χ3n) is 2.52. The average molecular weight is 222 g/mol. The highest BCUT2D eigenvalue weighted by molar-refractivity contribution is 6.17. The fourth-order valence-corrected chi connectivity index (χ4v) is 0.925. The normalized spacial score (nSPS) is 12.7. The lowest BCUT2D eigenvalue weighted by atomic mass is 9.86. The molecule has 0 aromatic rings. The Hall–Kier alpha value is -0.280. The minimum absolute atomic E-state index is 0.0715. The second-order valence-electron chi connectivity index (χ2n) is 4.52.